The van der Waals surface area contributed by atoms with Crippen LogP contribution in [0.4, 0.5) is 20.3 Å². The molecule has 0 atom stereocenters. The predicted octanol–water partition coefficient (Wildman–Crippen LogP) is 2.85. The number of rotatable bonds is 8. The Kier molecular flexibility index (Phi) is 10.4. The van der Waals surface area contributed by atoms with Gasteiger partial charge in [0.05, 0.1) is 24.4 Å². The number of anilines is 2. The van der Waals surface area contributed by atoms with Crippen LogP contribution in [0.2, 0.25) is 0 Å². The Balaban J connectivity index is 1.42. The third-order valence-electron chi connectivity index (χ3n) is 7.94. The molecule has 0 bridgehead atoms. The van der Waals surface area contributed by atoms with Gasteiger partial charge in [0.1, 0.15) is 35.1 Å². The summed E-state index contributed by atoms with van der Waals surface area (Å²) in [6, 6.07) is 9.54. The van der Waals surface area contributed by atoms with Crippen molar-refractivity contribution in [2.75, 3.05) is 51.4 Å². The summed E-state index contributed by atoms with van der Waals surface area (Å²) in [4.78, 5) is 60.0. The lowest BCUT2D eigenvalue weighted by Gasteiger charge is -2.37. The first-order valence-corrected chi connectivity index (χ1v) is 15.5. The Hall–Kier alpha value is -5.85. The van der Waals surface area contributed by atoms with Crippen molar-refractivity contribution in [2.45, 2.75) is 25.9 Å². The molecule has 0 unspecified atom stereocenters. The lowest BCUT2D eigenvalue weighted by atomic mass is 10.0. The molecule has 50 heavy (non-hydrogen) atoms. The zero-order valence-corrected chi connectivity index (χ0v) is 27.8. The van der Waals surface area contributed by atoms with E-state index in [2.05, 4.69) is 27.0 Å². The van der Waals surface area contributed by atoms with E-state index in [1.165, 1.54) is 55.5 Å². The van der Waals surface area contributed by atoms with Crippen molar-refractivity contribution in [3.63, 3.8) is 0 Å². The number of carbonyl (C=O) groups excluding carboxylic acids is 2. The highest BCUT2D eigenvalue weighted by Gasteiger charge is 2.26. The van der Waals surface area contributed by atoms with E-state index < -0.39 is 52.3 Å². The van der Waals surface area contributed by atoms with Crippen LogP contribution in [0.25, 0.3) is 5.69 Å². The fourth-order valence-electron chi connectivity index (χ4n) is 5.04. The van der Waals surface area contributed by atoms with Crippen LogP contribution in [-0.2, 0) is 16.1 Å². The molecule has 1 aliphatic rings. The van der Waals surface area contributed by atoms with E-state index in [0.29, 0.717) is 30.9 Å². The number of halogens is 2. The Morgan fingerprint density at radius 2 is 1.76 bits per heavy atom. The van der Waals surface area contributed by atoms with Crippen LogP contribution in [0.1, 0.15) is 29.8 Å². The van der Waals surface area contributed by atoms with Crippen LogP contribution in [0.15, 0.2) is 70.5 Å². The molecular weight excluding hydrogens is 652 g/mol. The van der Waals surface area contributed by atoms with E-state index in [4.69, 9.17) is 15.2 Å². The molecule has 2 aromatic heterocycles. The largest absolute Gasteiger partial charge is 0.453 e. The normalized spacial score (nSPS) is 13.2. The number of morpholine rings is 1. The second-order valence-electron chi connectivity index (χ2n) is 12.0. The molecule has 260 valence electrons. The first-order chi connectivity index (χ1) is 23.7. The Bertz CT molecular complexity index is 2110. The number of likely N-dealkylation sites (N-methyl/N-ethyl adjacent to an activating group) is 1. The first kappa shape index (κ1) is 35.5. The highest BCUT2D eigenvalue weighted by Crippen LogP contribution is 2.31. The van der Waals surface area contributed by atoms with Gasteiger partial charge in [0.2, 0.25) is 5.91 Å². The standard InChI is InChI=1S/C35H35F2N7O6/c1-35(2,43-15-17-49-18-16-43)13-11-25-28(12-14-39-31(25)38)50-29-10-7-23(19-27(29)37)40-32(46)26-20-42(21-30(45)41(3)4)34(48)44(33(26)47)24-8-5-22(36)6-9-24/h5-10,12,14,19-20H,15-18,21H2,1-4H3,(H2,38,39)(H,40,46). The molecule has 2 amide bonds. The molecular formula is C35H35F2N7O6. The van der Waals surface area contributed by atoms with E-state index in [1.54, 1.807) is 0 Å². The zero-order chi connectivity index (χ0) is 36.2. The van der Waals surface area contributed by atoms with Gasteiger partial charge < -0.3 is 25.4 Å². The third-order valence-corrected chi connectivity index (χ3v) is 7.94. The summed E-state index contributed by atoms with van der Waals surface area (Å²) < 4.78 is 41.9. The third kappa shape index (κ3) is 7.88. The molecule has 3 heterocycles. The summed E-state index contributed by atoms with van der Waals surface area (Å²) in [6.45, 7) is 6.08. The van der Waals surface area contributed by atoms with Crippen LogP contribution in [0, 0.1) is 23.5 Å². The fraction of sp³-hybridized carbons (Fsp3) is 0.286. The van der Waals surface area contributed by atoms with Crippen molar-refractivity contribution in [2.24, 2.45) is 0 Å². The van der Waals surface area contributed by atoms with Gasteiger partial charge in [-0.1, -0.05) is 11.8 Å². The molecule has 1 fully saturated rings. The van der Waals surface area contributed by atoms with Crippen molar-refractivity contribution in [3.05, 3.63) is 105 Å². The van der Waals surface area contributed by atoms with Crippen molar-refractivity contribution >= 4 is 23.3 Å². The van der Waals surface area contributed by atoms with Gasteiger partial charge in [-0.3, -0.25) is 23.9 Å². The molecule has 0 aliphatic carbocycles. The first-order valence-electron chi connectivity index (χ1n) is 15.5. The van der Waals surface area contributed by atoms with Crippen LogP contribution in [-0.4, -0.2) is 81.7 Å². The average Bonchev–Trinajstić information content (AvgIpc) is 3.08. The molecule has 4 aromatic rings. The van der Waals surface area contributed by atoms with Crippen molar-refractivity contribution < 1.29 is 27.8 Å². The molecule has 13 nitrogen and oxygen atoms in total. The maximum absolute atomic E-state index is 15.4. The highest BCUT2D eigenvalue weighted by atomic mass is 19.1. The summed E-state index contributed by atoms with van der Waals surface area (Å²) in [5.41, 5.74) is 3.31. The van der Waals surface area contributed by atoms with Crippen LogP contribution in [0.3, 0.4) is 0 Å². The maximum atomic E-state index is 15.4. The number of ether oxygens (including phenoxy) is 2. The number of amides is 2. The number of pyridine rings is 1. The average molecular weight is 688 g/mol. The minimum absolute atomic E-state index is 0.0277. The van der Waals surface area contributed by atoms with Crippen molar-refractivity contribution in [1.82, 2.24) is 23.9 Å². The van der Waals surface area contributed by atoms with Gasteiger partial charge in [0, 0.05) is 57.4 Å². The van der Waals surface area contributed by atoms with Crippen LogP contribution >= 0.6 is 0 Å². The van der Waals surface area contributed by atoms with Gasteiger partial charge in [-0.2, -0.15) is 0 Å². The SMILES string of the molecule is CN(C)C(=O)Cn1cc(C(=O)Nc2ccc(Oc3ccnc(N)c3C#CC(C)(C)N3CCOCC3)c(F)c2)c(=O)n(-c2ccc(F)cc2)c1=O. The summed E-state index contributed by atoms with van der Waals surface area (Å²) >= 11 is 0. The summed E-state index contributed by atoms with van der Waals surface area (Å²) in [7, 11) is 2.95. The molecule has 1 saturated heterocycles. The maximum Gasteiger partial charge on any atom is 0.336 e. The zero-order valence-electron chi connectivity index (χ0n) is 27.8. The molecule has 0 spiro atoms. The molecule has 3 N–H and O–H groups in total. The lowest BCUT2D eigenvalue weighted by Crippen LogP contribution is -2.49. The molecule has 5 rings (SSSR count). The van der Waals surface area contributed by atoms with Gasteiger partial charge in [0.25, 0.3) is 11.5 Å². The summed E-state index contributed by atoms with van der Waals surface area (Å²) in [6.07, 6.45) is 2.35. The quantitative estimate of drug-likeness (QED) is 0.266. The Morgan fingerprint density at radius 1 is 1.06 bits per heavy atom. The number of nitrogens with zero attached hydrogens (tertiary/aromatic N) is 5. The van der Waals surface area contributed by atoms with E-state index in [1.807, 2.05) is 13.8 Å². The lowest BCUT2D eigenvalue weighted by molar-refractivity contribution is -0.129. The van der Waals surface area contributed by atoms with Gasteiger partial charge in [0.15, 0.2) is 11.6 Å². The summed E-state index contributed by atoms with van der Waals surface area (Å²) in [5, 5.41) is 2.45. The smallest absolute Gasteiger partial charge is 0.336 e. The van der Waals surface area contributed by atoms with E-state index in [9.17, 15) is 23.6 Å². The highest BCUT2D eigenvalue weighted by molar-refractivity contribution is 6.04. The number of nitrogen functional groups attached to an aromatic ring is 1. The number of benzene rings is 2. The molecule has 0 saturated carbocycles. The molecule has 15 heteroatoms. The van der Waals surface area contributed by atoms with Crippen LogP contribution < -0.4 is 27.0 Å². The summed E-state index contributed by atoms with van der Waals surface area (Å²) in [5.74, 6) is 3.33. The molecule has 0 radical (unpaired) electrons. The number of carbonyl (C=O) groups is 2. The second kappa shape index (κ2) is 14.7. The van der Waals surface area contributed by atoms with Crippen LogP contribution in [0.5, 0.6) is 11.5 Å². The number of hydrogen-bond donors (Lipinski definition) is 2. The minimum Gasteiger partial charge on any atom is -0.453 e. The monoisotopic (exact) mass is 687 g/mol. The molecule has 1 aliphatic heterocycles. The van der Waals surface area contributed by atoms with E-state index >= 15 is 4.39 Å². The minimum atomic E-state index is -1.03. The van der Waals surface area contributed by atoms with E-state index in [-0.39, 0.29) is 34.3 Å². The number of nitrogens with two attached hydrogens (primary N) is 1. The van der Waals surface area contributed by atoms with Gasteiger partial charge in [-0.15, -0.1) is 0 Å². The predicted molar refractivity (Wildman–Crippen MR) is 181 cm³/mol. The molecule has 2 aromatic carbocycles. The number of nitrogens with one attached hydrogen (secondary N) is 1. The number of aromatic nitrogens is 3. The second-order valence-corrected chi connectivity index (χ2v) is 12.0. The number of hydrogen-bond acceptors (Lipinski definition) is 9. The van der Waals surface area contributed by atoms with Gasteiger partial charge in [-0.05, 0) is 50.2 Å². The van der Waals surface area contributed by atoms with Gasteiger partial charge >= 0.3 is 5.69 Å². The van der Waals surface area contributed by atoms with Crippen molar-refractivity contribution in [3.8, 4) is 29.0 Å². The van der Waals surface area contributed by atoms with E-state index in [0.717, 1.165) is 29.0 Å². The van der Waals surface area contributed by atoms with Gasteiger partial charge in [-0.25, -0.2) is 23.1 Å². The topological polar surface area (TPSA) is 154 Å². The van der Waals surface area contributed by atoms with Crippen molar-refractivity contribution in [1.29, 1.82) is 0 Å². The Morgan fingerprint density at radius 3 is 2.42 bits per heavy atom. The fourth-order valence-corrected chi connectivity index (χ4v) is 5.04. The Labute approximate surface area is 285 Å².